The number of ether oxygens (including phenoxy) is 2. The SMILES string of the molecule is Nc1c(Br)cc(C(=O)OCCCCCOC(=O)Cc2ccccc2Nc2c(Cl)cccc2Cl)cc1CNCCCC1CCCCC1. The van der Waals surface area contributed by atoms with Crippen molar-refractivity contribution in [3.8, 4) is 0 Å². The molecule has 248 valence electrons. The molecule has 4 N–H and O–H groups in total. The van der Waals surface area contributed by atoms with Gasteiger partial charge in [0.2, 0.25) is 0 Å². The second kappa shape index (κ2) is 19.1. The molecule has 0 aromatic heterocycles. The zero-order chi connectivity index (χ0) is 32.7. The fourth-order valence-corrected chi connectivity index (χ4v) is 6.72. The first kappa shape index (κ1) is 36.1. The predicted octanol–water partition coefficient (Wildman–Crippen LogP) is 9.64. The maximum Gasteiger partial charge on any atom is 0.338 e. The van der Waals surface area contributed by atoms with Crippen molar-refractivity contribution >= 4 is 68.1 Å². The second-order valence-corrected chi connectivity index (χ2v) is 13.5. The molecule has 0 saturated heterocycles. The summed E-state index contributed by atoms with van der Waals surface area (Å²) in [6, 6.07) is 16.3. The Morgan fingerprint density at radius 2 is 1.59 bits per heavy atom. The zero-order valence-corrected chi connectivity index (χ0v) is 29.3. The molecule has 0 radical (unpaired) electrons. The molecule has 1 aliphatic rings. The first-order valence-electron chi connectivity index (χ1n) is 16.2. The summed E-state index contributed by atoms with van der Waals surface area (Å²) in [4.78, 5) is 25.3. The van der Waals surface area contributed by atoms with Crippen molar-refractivity contribution in [2.45, 2.75) is 77.2 Å². The van der Waals surface area contributed by atoms with Crippen molar-refractivity contribution in [2.75, 3.05) is 30.8 Å². The van der Waals surface area contributed by atoms with E-state index in [1.165, 1.54) is 38.5 Å². The molecule has 3 aromatic carbocycles. The Bertz CT molecular complexity index is 1430. The van der Waals surface area contributed by atoms with Crippen LogP contribution in [-0.4, -0.2) is 31.7 Å². The number of para-hydroxylation sites is 2. The highest BCUT2D eigenvalue weighted by atomic mass is 79.9. The lowest BCUT2D eigenvalue weighted by Crippen LogP contribution is -2.18. The molecule has 1 saturated carbocycles. The van der Waals surface area contributed by atoms with Gasteiger partial charge in [-0.25, -0.2) is 4.79 Å². The van der Waals surface area contributed by atoms with Gasteiger partial charge in [-0.2, -0.15) is 0 Å². The van der Waals surface area contributed by atoms with Crippen molar-refractivity contribution in [3.05, 3.63) is 85.8 Å². The second-order valence-electron chi connectivity index (χ2n) is 11.8. The molecule has 0 bridgehead atoms. The molecule has 0 heterocycles. The third-order valence-corrected chi connectivity index (χ3v) is 9.60. The molecule has 0 unspecified atom stereocenters. The number of nitrogens with two attached hydrogens (primary N) is 1. The molecule has 0 aliphatic heterocycles. The molecule has 10 heteroatoms. The van der Waals surface area contributed by atoms with Gasteiger partial charge in [-0.1, -0.05) is 79.6 Å². The lowest BCUT2D eigenvalue weighted by atomic mass is 9.86. The number of benzene rings is 3. The minimum absolute atomic E-state index is 0.109. The van der Waals surface area contributed by atoms with E-state index in [4.69, 9.17) is 38.4 Å². The summed E-state index contributed by atoms with van der Waals surface area (Å²) in [7, 11) is 0. The Balaban J connectivity index is 1.12. The van der Waals surface area contributed by atoms with Gasteiger partial charge >= 0.3 is 11.9 Å². The van der Waals surface area contributed by atoms with Crippen LogP contribution < -0.4 is 16.4 Å². The lowest BCUT2D eigenvalue weighted by molar-refractivity contribution is -0.142. The summed E-state index contributed by atoms with van der Waals surface area (Å²) in [5.74, 6) is 0.172. The maximum absolute atomic E-state index is 12.8. The highest BCUT2D eigenvalue weighted by molar-refractivity contribution is 9.10. The molecule has 1 fully saturated rings. The Labute approximate surface area is 291 Å². The Hall–Kier alpha value is -2.78. The van der Waals surface area contributed by atoms with Crippen molar-refractivity contribution in [1.29, 1.82) is 0 Å². The topological polar surface area (TPSA) is 103 Å². The number of hydrogen-bond acceptors (Lipinski definition) is 7. The number of rotatable bonds is 17. The number of hydrogen-bond donors (Lipinski definition) is 3. The minimum Gasteiger partial charge on any atom is -0.465 e. The third kappa shape index (κ3) is 11.5. The number of halogens is 3. The quantitative estimate of drug-likeness (QED) is 0.0722. The van der Waals surface area contributed by atoms with Gasteiger partial charge in [0.15, 0.2) is 0 Å². The molecule has 46 heavy (non-hydrogen) atoms. The number of esters is 2. The van der Waals surface area contributed by atoms with E-state index in [1.54, 1.807) is 24.3 Å². The number of carbonyl (C=O) groups excluding carboxylic acids is 2. The molecule has 0 spiro atoms. The van der Waals surface area contributed by atoms with E-state index < -0.39 is 0 Å². The maximum atomic E-state index is 12.8. The Morgan fingerprint density at radius 1 is 0.870 bits per heavy atom. The average molecular weight is 734 g/mol. The fourth-order valence-electron chi connectivity index (χ4n) is 5.72. The molecule has 0 amide bonds. The summed E-state index contributed by atoms with van der Waals surface area (Å²) in [5.41, 5.74) is 10.4. The van der Waals surface area contributed by atoms with Crippen molar-refractivity contribution in [3.63, 3.8) is 0 Å². The van der Waals surface area contributed by atoms with Crippen LogP contribution in [0.2, 0.25) is 10.0 Å². The lowest BCUT2D eigenvalue weighted by Gasteiger charge is -2.21. The normalized spacial score (nSPS) is 13.4. The van der Waals surface area contributed by atoms with Gasteiger partial charge in [0.25, 0.3) is 0 Å². The van der Waals surface area contributed by atoms with Crippen LogP contribution >= 0.6 is 39.1 Å². The van der Waals surface area contributed by atoms with Crippen LogP contribution in [0.5, 0.6) is 0 Å². The van der Waals surface area contributed by atoms with Crippen molar-refractivity contribution < 1.29 is 19.1 Å². The van der Waals surface area contributed by atoms with Gasteiger partial charge in [0, 0.05) is 16.7 Å². The molecule has 3 aromatic rings. The molecule has 4 rings (SSSR count). The van der Waals surface area contributed by atoms with E-state index >= 15 is 0 Å². The van der Waals surface area contributed by atoms with Gasteiger partial charge in [0.1, 0.15) is 0 Å². The average Bonchev–Trinajstić information content (AvgIpc) is 3.05. The van der Waals surface area contributed by atoms with E-state index in [0.29, 0.717) is 57.4 Å². The number of nitrogens with one attached hydrogen (secondary N) is 2. The van der Waals surface area contributed by atoms with Gasteiger partial charge in [-0.15, -0.1) is 0 Å². The van der Waals surface area contributed by atoms with E-state index in [2.05, 4.69) is 26.6 Å². The highest BCUT2D eigenvalue weighted by Crippen LogP contribution is 2.34. The summed E-state index contributed by atoms with van der Waals surface area (Å²) in [6.07, 6.45) is 11.5. The van der Waals surface area contributed by atoms with Gasteiger partial charge in [-0.05, 0) is 102 Å². The predicted molar refractivity (Wildman–Crippen MR) is 191 cm³/mol. The first-order valence-corrected chi connectivity index (χ1v) is 17.8. The van der Waals surface area contributed by atoms with Crippen LogP contribution in [0.15, 0.2) is 59.1 Å². The van der Waals surface area contributed by atoms with Crippen LogP contribution in [0.1, 0.15) is 85.7 Å². The standard InChI is InChI=1S/C36H44BrCl2N3O4/c37-29-22-27(21-28(34(29)40)24-41-18-10-13-25-11-3-1-4-12-25)36(44)46-20-8-2-7-19-45-33(43)23-26-14-5-6-17-32(26)42-35-30(38)15-9-16-31(35)39/h5-6,9,14-17,21-22,25,41-42H,1-4,7-8,10-13,18-20,23-24,40H2. The van der Waals surface area contributed by atoms with E-state index in [1.807, 2.05) is 30.3 Å². The zero-order valence-electron chi connectivity index (χ0n) is 26.2. The smallest absolute Gasteiger partial charge is 0.338 e. The monoisotopic (exact) mass is 731 g/mol. The molecule has 0 atom stereocenters. The van der Waals surface area contributed by atoms with Crippen LogP contribution in [0.4, 0.5) is 17.1 Å². The van der Waals surface area contributed by atoms with Crippen molar-refractivity contribution in [2.24, 2.45) is 5.92 Å². The Morgan fingerprint density at radius 3 is 2.35 bits per heavy atom. The number of unbranched alkanes of at least 4 members (excludes halogenated alkanes) is 2. The highest BCUT2D eigenvalue weighted by Gasteiger charge is 2.15. The number of nitrogen functional groups attached to an aromatic ring is 1. The summed E-state index contributed by atoms with van der Waals surface area (Å²) >= 11 is 16.1. The Kier molecular flexibility index (Phi) is 15.0. The van der Waals surface area contributed by atoms with Crippen molar-refractivity contribution in [1.82, 2.24) is 5.32 Å². The van der Waals surface area contributed by atoms with Gasteiger partial charge in [-0.3, -0.25) is 4.79 Å². The van der Waals surface area contributed by atoms with E-state index in [9.17, 15) is 9.59 Å². The molecule has 7 nitrogen and oxygen atoms in total. The largest absolute Gasteiger partial charge is 0.465 e. The van der Waals surface area contributed by atoms with Crippen LogP contribution in [0, 0.1) is 5.92 Å². The van der Waals surface area contributed by atoms with Gasteiger partial charge < -0.3 is 25.8 Å². The minimum atomic E-state index is -0.379. The van der Waals surface area contributed by atoms with E-state index in [-0.39, 0.29) is 25.0 Å². The fraction of sp³-hybridized carbons (Fsp3) is 0.444. The summed E-state index contributed by atoms with van der Waals surface area (Å²) in [5, 5.41) is 7.70. The first-order chi connectivity index (χ1) is 22.3. The number of carbonyl (C=O) groups is 2. The van der Waals surface area contributed by atoms with Crippen LogP contribution in [0.25, 0.3) is 0 Å². The summed E-state index contributed by atoms with van der Waals surface area (Å²) < 4.78 is 11.7. The molecular weight excluding hydrogens is 689 g/mol. The van der Waals surface area contributed by atoms with E-state index in [0.717, 1.165) is 42.1 Å². The third-order valence-electron chi connectivity index (χ3n) is 8.32. The van der Waals surface area contributed by atoms with Crippen LogP contribution in [0.3, 0.4) is 0 Å². The van der Waals surface area contributed by atoms with Crippen LogP contribution in [-0.2, 0) is 27.2 Å². The summed E-state index contributed by atoms with van der Waals surface area (Å²) in [6.45, 7) is 2.11. The number of anilines is 3. The molecule has 1 aliphatic carbocycles. The van der Waals surface area contributed by atoms with Gasteiger partial charge in [0.05, 0.1) is 46.6 Å². The molecular formula is C36H44BrCl2N3O4.